The van der Waals surface area contributed by atoms with Crippen LogP contribution in [0.15, 0.2) is 28.7 Å². The standard InChI is InChI=1S/C9H7Br2ClO3S/c1-16(14,15)9(11,12)8(13)6-2-4-7(10)5-3-6/h2-5H,1H3/t9-/m1/s1. The summed E-state index contributed by atoms with van der Waals surface area (Å²) in [6.45, 7) is 0. The highest BCUT2D eigenvalue weighted by molar-refractivity contribution is 9.12. The number of rotatable bonds is 3. The van der Waals surface area contributed by atoms with Gasteiger partial charge in [-0.15, -0.1) is 0 Å². The molecule has 3 nitrogen and oxygen atoms in total. The molecule has 0 amide bonds. The van der Waals surface area contributed by atoms with Gasteiger partial charge in [0.1, 0.15) is 0 Å². The lowest BCUT2D eigenvalue weighted by atomic mass is 10.1. The predicted molar refractivity (Wildman–Crippen MR) is 70.8 cm³/mol. The molecule has 0 aliphatic rings. The van der Waals surface area contributed by atoms with Gasteiger partial charge < -0.3 is 0 Å². The van der Waals surface area contributed by atoms with Crippen molar-refractivity contribution in [2.45, 2.75) is 3.12 Å². The van der Waals surface area contributed by atoms with Crippen LogP contribution in [0.3, 0.4) is 0 Å². The average molecular weight is 390 g/mol. The zero-order valence-electron chi connectivity index (χ0n) is 8.08. The Morgan fingerprint density at radius 2 is 1.75 bits per heavy atom. The number of carbonyl (C=O) groups excluding carboxylic acids is 1. The summed E-state index contributed by atoms with van der Waals surface area (Å²) in [5, 5.41) is 0. The monoisotopic (exact) mass is 388 g/mol. The Bertz CT molecular complexity index is 508. The molecule has 1 rings (SSSR count). The molecule has 1 aromatic rings. The van der Waals surface area contributed by atoms with E-state index in [1.54, 1.807) is 12.1 Å². The van der Waals surface area contributed by atoms with Crippen molar-refractivity contribution in [1.29, 1.82) is 0 Å². The van der Waals surface area contributed by atoms with Gasteiger partial charge in [0, 0.05) is 16.3 Å². The number of Topliss-reactive ketones (excluding diaryl/α,β-unsaturated/α-hetero) is 1. The summed E-state index contributed by atoms with van der Waals surface area (Å²) < 4.78 is 21.3. The maximum absolute atomic E-state index is 11.9. The first-order valence-electron chi connectivity index (χ1n) is 4.04. The minimum Gasteiger partial charge on any atom is -0.290 e. The van der Waals surface area contributed by atoms with Gasteiger partial charge in [-0.05, 0) is 28.1 Å². The van der Waals surface area contributed by atoms with Crippen molar-refractivity contribution in [3.63, 3.8) is 0 Å². The fraction of sp³-hybridized carbons (Fsp3) is 0.222. The maximum atomic E-state index is 11.9. The average Bonchev–Trinajstić information content (AvgIpc) is 2.16. The molecule has 7 heteroatoms. The highest BCUT2D eigenvalue weighted by Gasteiger charge is 2.44. The molecule has 0 aromatic heterocycles. The number of carbonyl (C=O) groups is 1. The molecule has 16 heavy (non-hydrogen) atoms. The third-order valence-electron chi connectivity index (χ3n) is 1.84. The minimum atomic E-state index is -3.74. The van der Waals surface area contributed by atoms with Crippen LogP contribution >= 0.6 is 43.5 Å². The van der Waals surface area contributed by atoms with Gasteiger partial charge >= 0.3 is 0 Å². The Balaban J connectivity index is 3.18. The molecule has 1 atom stereocenters. The fourth-order valence-corrected chi connectivity index (χ4v) is 1.99. The molecule has 0 unspecified atom stereocenters. The van der Waals surface area contributed by atoms with E-state index >= 15 is 0 Å². The summed E-state index contributed by atoms with van der Waals surface area (Å²) in [7, 11) is -3.74. The normalized spacial score (nSPS) is 15.5. The largest absolute Gasteiger partial charge is 0.290 e. The van der Waals surface area contributed by atoms with E-state index in [-0.39, 0.29) is 5.56 Å². The molecule has 0 spiro atoms. The summed E-state index contributed by atoms with van der Waals surface area (Å²) >= 11 is 11.7. The third-order valence-corrected chi connectivity index (χ3v) is 6.62. The smallest absolute Gasteiger partial charge is 0.261 e. The molecule has 1 aromatic carbocycles. The molecule has 0 N–H and O–H groups in total. The van der Waals surface area contributed by atoms with E-state index in [0.29, 0.717) is 0 Å². The van der Waals surface area contributed by atoms with Crippen LogP contribution in [0.4, 0.5) is 0 Å². The molecule has 0 fully saturated rings. The van der Waals surface area contributed by atoms with E-state index in [4.69, 9.17) is 11.6 Å². The van der Waals surface area contributed by atoms with Crippen LogP contribution in [0.1, 0.15) is 10.4 Å². The van der Waals surface area contributed by atoms with Crippen LogP contribution in [0, 0.1) is 0 Å². The summed E-state index contributed by atoms with van der Waals surface area (Å²) in [6, 6.07) is 6.26. The summed E-state index contributed by atoms with van der Waals surface area (Å²) in [5.74, 6) is -0.704. The molecule has 0 radical (unpaired) electrons. The number of hydrogen-bond acceptors (Lipinski definition) is 3. The number of alkyl halides is 2. The Morgan fingerprint density at radius 3 is 2.12 bits per heavy atom. The van der Waals surface area contributed by atoms with Gasteiger partial charge in [0.05, 0.1) is 0 Å². The molecule has 0 heterocycles. The molecular weight excluding hydrogens is 383 g/mol. The Kier molecular flexibility index (Phi) is 4.21. The van der Waals surface area contributed by atoms with Gasteiger partial charge in [0.2, 0.25) is 5.78 Å². The first kappa shape index (κ1) is 14.2. The zero-order chi connectivity index (χ0) is 12.6. The zero-order valence-corrected chi connectivity index (χ0v) is 12.8. The number of hydrogen-bond donors (Lipinski definition) is 0. The lowest BCUT2D eigenvalue weighted by Crippen LogP contribution is -2.34. The second kappa shape index (κ2) is 4.76. The SMILES string of the molecule is CS(=O)(=O)[C@@](Cl)(Br)C(=O)c1ccc(Br)cc1. The molecule has 0 bridgehead atoms. The third kappa shape index (κ3) is 2.85. The second-order valence-corrected chi connectivity index (χ2v) is 9.16. The number of sulfone groups is 1. The molecule has 0 aliphatic heterocycles. The van der Waals surface area contributed by atoms with E-state index in [1.807, 2.05) is 0 Å². The van der Waals surface area contributed by atoms with E-state index < -0.39 is 18.7 Å². The topological polar surface area (TPSA) is 51.2 Å². The molecule has 88 valence electrons. The second-order valence-electron chi connectivity index (χ2n) is 3.12. The van der Waals surface area contributed by atoms with E-state index in [2.05, 4.69) is 31.9 Å². The summed E-state index contributed by atoms with van der Waals surface area (Å²) in [6.07, 6.45) is 0.894. The number of ketones is 1. The maximum Gasteiger partial charge on any atom is 0.261 e. The highest BCUT2D eigenvalue weighted by atomic mass is 79.9. The van der Waals surface area contributed by atoms with Crippen LogP contribution in [0.2, 0.25) is 0 Å². The van der Waals surface area contributed by atoms with Gasteiger partial charge in [-0.3, -0.25) is 4.79 Å². The summed E-state index contributed by atoms with van der Waals surface area (Å²) in [4.78, 5) is 11.9. The predicted octanol–water partition coefficient (Wildman–Crippen LogP) is 2.96. The Hall–Kier alpha value is 0.0900. The van der Waals surface area contributed by atoms with Gasteiger partial charge in [-0.25, -0.2) is 8.42 Å². The van der Waals surface area contributed by atoms with Crippen molar-refractivity contribution in [3.8, 4) is 0 Å². The van der Waals surface area contributed by atoms with Crippen molar-refractivity contribution >= 4 is 59.1 Å². The lowest BCUT2D eigenvalue weighted by molar-refractivity contribution is 0.1000. The van der Waals surface area contributed by atoms with Crippen molar-refractivity contribution in [3.05, 3.63) is 34.3 Å². The first-order chi connectivity index (χ1) is 7.16. The number of halogens is 3. The molecular formula is C9H7Br2ClO3S. The van der Waals surface area contributed by atoms with Gasteiger partial charge in [0.25, 0.3) is 3.12 Å². The summed E-state index contributed by atoms with van der Waals surface area (Å²) in [5.41, 5.74) is 0.223. The van der Waals surface area contributed by atoms with Gasteiger partial charge in [-0.2, -0.15) is 0 Å². The van der Waals surface area contributed by atoms with E-state index in [1.165, 1.54) is 12.1 Å². The van der Waals surface area contributed by atoms with Crippen LogP contribution < -0.4 is 0 Å². The van der Waals surface area contributed by atoms with Crippen LogP contribution in [-0.4, -0.2) is 23.6 Å². The first-order valence-corrected chi connectivity index (χ1v) is 7.89. The minimum absolute atomic E-state index is 0.223. The van der Waals surface area contributed by atoms with Crippen molar-refractivity contribution in [1.82, 2.24) is 0 Å². The van der Waals surface area contributed by atoms with Crippen molar-refractivity contribution in [2.75, 3.05) is 6.26 Å². The van der Waals surface area contributed by atoms with Crippen molar-refractivity contribution < 1.29 is 13.2 Å². The highest BCUT2D eigenvalue weighted by Crippen LogP contribution is 2.33. The van der Waals surface area contributed by atoms with Gasteiger partial charge in [0.15, 0.2) is 9.84 Å². The van der Waals surface area contributed by atoms with Crippen LogP contribution in [0.25, 0.3) is 0 Å². The fourth-order valence-electron chi connectivity index (χ4n) is 0.938. The van der Waals surface area contributed by atoms with Crippen LogP contribution in [0.5, 0.6) is 0 Å². The lowest BCUT2D eigenvalue weighted by Gasteiger charge is -2.16. The van der Waals surface area contributed by atoms with Crippen molar-refractivity contribution in [2.24, 2.45) is 0 Å². The molecule has 0 saturated heterocycles. The van der Waals surface area contributed by atoms with Crippen LogP contribution in [-0.2, 0) is 9.84 Å². The quantitative estimate of drug-likeness (QED) is 0.589. The van der Waals surface area contributed by atoms with E-state index in [9.17, 15) is 13.2 Å². The molecule has 0 aliphatic carbocycles. The van der Waals surface area contributed by atoms with Gasteiger partial charge in [-0.1, -0.05) is 39.7 Å². The Morgan fingerprint density at radius 1 is 1.31 bits per heavy atom. The number of benzene rings is 1. The molecule has 0 saturated carbocycles. The van der Waals surface area contributed by atoms with E-state index in [0.717, 1.165) is 10.7 Å². The Labute approximate surface area is 115 Å².